The maximum Gasteiger partial charge on any atom is 0.335 e. The number of benzene rings is 4. The number of aliphatic imine (C=N–C) groups is 1. The minimum atomic E-state index is -1.01. The molecule has 162 valence electrons. The molecule has 0 atom stereocenters. The number of thioether (sulfide) groups is 1. The zero-order chi connectivity index (χ0) is 22.9. The van der Waals surface area contributed by atoms with E-state index in [9.17, 15) is 14.7 Å². The van der Waals surface area contributed by atoms with E-state index in [4.69, 9.17) is 0 Å². The standard InChI is InChI=1S/C27H20N2O3S/c1-2-29-25(30)24(33-27(29)28-20-11-7-10-19(15-20)26(31)32)16-23-21-12-5-3-8-17(21)14-18-9-4-6-13-22(18)23/h3-16H,2H2,1H3,(H,31,32)/b24-16+,28-27?. The molecule has 4 aromatic rings. The smallest absolute Gasteiger partial charge is 0.335 e. The van der Waals surface area contributed by atoms with Crippen LogP contribution in [-0.2, 0) is 4.79 Å². The molecule has 5 nitrogen and oxygen atoms in total. The van der Waals surface area contributed by atoms with Gasteiger partial charge in [0.1, 0.15) is 0 Å². The van der Waals surface area contributed by atoms with Gasteiger partial charge in [-0.2, -0.15) is 0 Å². The highest BCUT2D eigenvalue weighted by atomic mass is 32.2. The Morgan fingerprint density at radius 1 is 0.970 bits per heavy atom. The summed E-state index contributed by atoms with van der Waals surface area (Å²) in [6, 6.07) is 24.9. The highest BCUT2D eigenvalue weighted by Crippen LogP contribution is 2.37. The second-order valence-corrected chi connectivity index (χ2v) is 8.65. The van der Waals surface area contributed by atoms with Crippen LogP contribution in [0.25, 0.3) is 27.6 Å². The van der Waals surface area contributed by atoms with E-state index < -0.39 is 5.97 Å². The van der Waals surface area contributed by atoms with Crippen molar-refractivity contribution in [3.8, 4) is 0 Å². The maximum atomic E-state index is 13.3. The normalized spacial score (nSPS) is 16.4. The third-order valence-electron chi connectivity index (χ3n) is 5.61. The summed E-state index contributed by atoms with van der Waals surface area (Å²) in [6.07, 6.45) is 1.95. The fourth-order valence-corrected chi connectivity index (χ4v) is 5.07. The molecule has 0 spiro atoms. The minimum absolute atomic E-state index is 0.104. The van der Waals surface area contributed by atoms with Crippen LogP contribution in [0.1, 0.15) is 22.8 Å². The molecular weight excluding hydrogens is 432 g/mol. The van der Waals surface area contributed by atoms with Gasteiger partial charge in [-0.15, -0.1) is 0 Å². The lowest BCUT2D eigenvalue weighted by Gasteiger charge is -2.12. The average molecular weight is 453 g/mol. The van der Waals surface area contributed by atoms with Crippen LogP contribution >= 0.6 is 11.8 Å². The van der Waals surface area contributed by atoms with Crippen LogP contribution in [-0.4, -0.2) is 33.6 Å². The fourth-order valence-electron chi connectivity index (χ4n) is 4.02. The number of fused-ring (bicyclic) bond motifs is 2. The number of carbonyl (C=O) groups is 2. The highest BCUT2D eigenvalue weighted by Gasteiger charge is 2.32. The molecule has 1 heterocycles. The van der Waals surface area contributed by atoms with Crippen molar-refractivity contribution in [2.75, 3.05) is 6.54 Å². The summed E-state index contributed by atoms with van der Waals surface area (Å²) >= 11 is 1.31. The number of hydrogen-bond donors (Lipinski definition) is 1. The van der Waals surface area contributed by atoms with E-state index in [-0.39, 0.29) is 11.5 Å². The van der Waals surface area contributed by atoms with Crippen LogP contribution in [0.15, 0.2) is 88.8 Å². The number of carbonyl (C=O) groups excluding carboxylic acids is 1. The van der Waals surface area contributed by atoms with Gasteiger partial charge in [0.05, 0.1) is 16.2 Å². The summed E-state index contributed by atoms with van der Waals surface area (Å²) < 4.78 is 0. The van der Waals surface area contributed by atoms with Gasteiger partial charge in [-0.1, -0.05) is 54.6 Å². The lowest BCUT2D eigenvalue weighted by atomic mass is 9.96. The molecule has 0 aliphatic carbocycles. The first-order chi connectivity index (χ1) is 16.0. The molecule has 1 N–H and O–H groups in total. The van der Waals surface area contributed by atoms with Gasteiger partial charge in [0.15, 0.2) is 5.17 Å². The number of rotatable bonds is 4. The molecule has 1 fully saturated rings. The largest absolute Gasteiger partial charge is 0.478 e. The highest BCUT2D eigenvalue weighted by molar-refractivity contribution is 8.18. The first-order valence-electron chi connectivity index (χ1n) is 10.6. The minimum Gasteiger partial charge on any atom is -0.478 e. The van der Waals surface area contributed by atoms with Crippen LogP contribution in [0.5, 0.6) is 0 Å². The number of amidine groups is 1. The topological polar surface area (TPSA) is 70.0 Å². The second-order valence-electron chi connectivity index (χ2n) is 7.64. The van der Waals surface area contributed by atoms with Gasteiger partial charge in [-0.25, -0.2) is 9.79 Å². The Morgan fingerprint density at radius 2 is 1.64 bits per heavy atom. The van der Waals surface area contributed by atoms with E-state index in [1.165, 1.54) is 23.9 Å². The molecule has 0 bridgehead atoms. The first kappa shape index (κ1) is 21.0. The summed E-state index contributed by atoms with van der Waals surface area (Å²) in [5.41, 5.74) is 1.66. The molecule has 4 aromatic carbocycles. The molecule has 0 radical (unpaired) electrons. The number of hydrogen-bond acceptors (Lipinski definition) is 4. The van der Waals surface area contributed by atoms with Gasteiger partial charge in [-0.3, -0.25) is 9.69 Å². The Kier molecular flexibility index (Phi) is 5.44. The second kappa shape index (κ2) is 8.56. The Hall–Kier alpha value is -3.90. The Morgan fingerprint density at radius 3 is 2.27 bits per heavy atom. The Labute approximate surface area is 195 Å². The Bertz CT molecular complexity index is 1440. The van der Waals surface area contributed by atoms with Crippen LogP contribution in [0, 0.1) is 0 Å². The number of aromatic carboxylic acids is 1. The zero-order valence-electron chi connectivity index (χ0n) is 17.9. The molecule has 0 unspecified atom stereocenters. The van der Waals surface area contributed by atoms with Crippen LogP contribution < -0.4 is 0 Å². The monoisotopic (exact) mass is 452 g/mol. The lowest BCUT2D eigenvalue weighted by molar-refractivity contribution is -0.122. The number of nitrogens with zero attached hydrogens (tertiary/aromatic N) is 2. The van der Waals surface area contributed by atoms with E-state index in [0.29, 0.717) is 22.3 Å². The quantitative estimate of drug-likeness (QED) is 0.291. The van der Waals surface area contributed by atoms with Crippen LogP contribution in [0.2, 0.25) is 0 Å². The molecule has 0 saturated carbocycles. The van der Waals surface area contributed by atoms with Crippen molar-refractivity contribution >= 4 is 62.1 Å². The van der Waals surface area contributed by atoms with Crippen molar-refractivity contribution in [1.82, 2.24) is 4.90 Å². The van der Waals surface area contributed by atoms with Crippen LogP contribution in [0.3, 0.4) is 0 Å². The molecule has 1 saturated heterocycles. The van der Waals surface area contributed by atoms with Gasteiger partial charge in [-0.05, 0) is 76.1 Å². The number of likely N-dealkylation sites (N-methyl/N-ethyl adjacent to an activating group) is 1. The van der Waals surface area contributed by atoms with Crippen molar-refractivity contribution in [1.29, 1.82) is 0 Å². The number of carboxylic acid groups (broad SMARTS) is 1. The molecular formula is C27H20N2O3S. The third kappa shape index (κ3) is 3.90. The molecule has 5 rings (SSSR count). The molecule has 0 aromatic heterocycles. The third-order valence-corrected chi connectivity index (χ3v) is 6.62. The fraction of sp³-hybridized carbons (Fsp3) is 0.0741. The van der Waals surface area contributed by atoms with Crippen molar-refractivity contribution in [2.45, 2.75) is 6.92 Å². The van der Waals surface area contributed by atoms with Crippen molar-refractivity contribution < 1.29 is 14.7 Å². The molecule has 1 aliphatic heterocycles. The summed E-state index contributed by atoms with van der Waals surface area (Å²) in [6.45, 7) is 2.37. The summed E-state index contributed by atoms with van der Waals surface area (Å²) in [5.74, 6) is -1.12. The van der Waals surface area contributed by atoms with Crippen molar-refractivity contribution in [3.63, 3.8) is 0 Å². The predicted octanol–water partition coefficient (Wildman–Crippen LogP) is 6.32. The van der Waals surface area contributed by atoms with Crippen molar-refractivity contribution in [3.05, 3.63) is 94.9 Å². The van der Waals surface area contributed by atoms with Gasteiger partial charge in [0, 0.05) is 6.54 Å². The number of carboxylic acids is 1. The van der Waals surface area contributed by atoms with E-state index >= 15 is 0 Å². The van der Waals surface area contributed by atoms with Gasteiger partial charge in [0.25, 0.3) is 5.91 Å². The van der Waals surface area contributed by atoms with E-state index in [0.717, 1.165) is 27.1 Å². The van der Waals surface area contributed by atoms with Gasteiger partial charge >= 0.3 is 5.97 Å². The van der Waals surface area contributed by atoms with Crippen molar-refractivity contribution in [2.24, 2.45) is 4.99 Å². The SMILES string of the molecule is CCN1C(=O)/C(=C\c2c3ccccc3cc3ccccc23)SC1=Nc1cccc(C(=O)O)c1. The van der Waals surface area contributed by atoms with E-state index in [1.54, 1.807) is 17.0 Å². The summed E-state index contributed by atoms with van der Waals surface area (Å²) in [5, 5.41) is 14.2. The van der Waals surface area contributed by atoms with Gasteiger partial charge in [0.2, 0.25) is 0 Å². The summed E-state index contributed by atoms with van der Waals surface area (Å²) in [4.78, 5) is 31.4. The molecule has 33 heavy (non-hydrogen) atoms. The average Bonchev–Trinajstić information content (AvgIpc) is 3.12. The van der Waals surface area contributed by atoms with Crippen LogP contribution in [0.4, 0.5) is 5.69 Å². The lowest BCUT2D eigenvalue weighted by Crippen LogP contribution is -2.28. The van der Waals surface area contributed by atoms with Gasteiger partial charge < -0.3 is 5.11 Å². The van der Waals surface area contributed by atoms with E-state index in [1.807, 2.05) is 37.3 Å². The molecule has 1 aliphatic rings. The van der Waals surface area contributed by atoms with E-state index in [2.05, 4.69) is 35.3 Å². The first-order valence-corrected chi connectivity index (χ1v) is 11.4. The zero-order valence-corrected chi connectivity index (χ0v) is 18.7. The molecule has 1 amide bonds. The molecule has 6 heteroatoms. The Balaban J connectivity index is 1.63. The summed E-state index contributed by atoms with van der Waals surface area (Å²) in [7, 11) is 0. The maximum absolute atomic E-state index is 13.3. The predicted molar refractivity (Wildman–Crippen MR) is 135 cm³/mol. The number of amides is 1.